The van der Waals surface area contributed by atoms with Gasteiger partial charge in [-0.25, -0.2) is 9.59 Å². The molecule has 0 saturated carbocycles. The molecule has 6 aromatic rings. The maximum absolute atomic E-state index is 13.1. The van der Waals surface area contributed by atoms with Crippen molar-refractivity contribution in [1.82, 2.24) is 0 Å². The van der Waals surface area contributed by atoms with E-state index in [0.717, 1.165) is 11.1 Å². The van der Waals surface area contributed by atoms with E-state index in [1.54, 1.807) is 62.4 Å². The molecule has 0 aliphatic carbocycles. The summed E-state index contributed by atoms with van der Waals surface area (Å²) in [4.78, 5) is 25.8. The summed E-state index contributed by atoms with van der Waals surface area (Å²) in [6.07, 6.45) is -8.58. The third-order valence-corrected chi connectivity index (χ3v) is 8.76. The molecule has 2 aromatic heterocycles. The van der Waals surface area contributed by atoms with Gasteiger partial charge in [0.05, 0.1) is 17.2 Å². The van der Waals surface area contributed by atoms with Gasteiger partial charge in [0.25, 0.3) is 0 Å². The van der Waals surface area contributed by atoms with E-state index in [2.05, 4.69) is 9.47 Å². The van der Waals surface area contributed by atoms with Crippen LogP contribution in [0.4, 0.5) is 26.3 Å². The Hall–Kier alpha value is -5.56. The molecule has 13 heteroatoms. The predicted molar refractivity (Wildman–Crippen MR) is 186 cm³/mol. The zero-order valence-electron chi connectivity index (χ0n) is 28.4. The number of benzene rings is 4. The molecule has 4 aromatic carbocycles. The summed E-state index contributed by atoms with van der Waals surface area (Å²) in [7, 11) is 0. The molecule has 7 nitrogen and oxygen atoms in total. The van der Waals surface area contributed by atoms with Crippen molar-refractivity contribution in [2.75, 3.05) is 0 Å². The van der Waals surface area contributed by atoms with Crippen molar-refractivity contribution in [2.45, 2.75) is 64.8 Å². The van der Waals surface area contributed by atoms with Gasteiger partial charge in [-0.05, 0) is 97.7 Å². The number of alkyl halides is 6. The van der Waals surface area contributed by atoms with Gasteiger partial charge in [0.1, 0.15) is 22.7 Å². The number of aliphatic hydroxyl groups is 1. The standard InChI is InChI=1S/C40H32F6O7/c1-3-23-9-15-30(36(17-23)53-40(44,45)46)32-21-27-11-6-25(19-34(27)51-38(32)49)8-13-28(47)12-7-24-5-10-26-20-31(37(48)50-33(26)18-24)29-14-4-22(2)16-35(29)52-39(41,42)43/h4-6,9-11,14-21,28,47H,3,7-8,12-13H2,1-2H3. The Kier molecular flexibility index (Phi) is 10.4. The third kappa shape index (κ3) is 9.09. The molecule has 1 unspecified atom stereocenters. The molecule has 0 amide bonds. The Labute approximate surface area is 298 Å². The van der Waals surface area contributed by atoms with Gasteiger partial charge in [-0.3, -0.25) is 0 Å². The van der Waals surface area contributed by atoms with Crippen LogP contribution in [0, 0.1) is 6.92 Å². The van der Waals surface area contributed by atoms with E-state index in [0.29, 0.717) is 54.0 Å². The van der Waals surface area contributed by atoms with Gasteiger partial charge in [-0.15, -0.1) is 26.3 Å². The van der Waals surface area contributed by atoms with Crippen LogP contribution in [0.3, 0.4) is 0 Å². The molecule has 1 N–H and O–H groups in total. The number of halogens is 6. The number of hydrogen-bond acceptors (Lipinski definition) is 7. The topological polar surface area (TPSA) is 99.1 Å². The van der Waals surface area contributed by atoms with Gasteiger partial charge in [-0.2, -0.15) is 0 Å². The van der Waals surface area contributed by atoms with Crippen molar-refractivity contribution in [1.29, 1.82) is 0 Å². The lowest BCUT2D eigenvalue weighted by atomic mass is 9.98. The van der Waals surface area contributed by atoms with E-state index < -0.39 is 41.6 Å². The quantitative estimate of drug-likeness (QED) is 0.104. The van der Waals surface area contributed by atoms with Crippen LogP contribution in [0.25, 0.3) is 44.2 Å². The summed E-state index contributed by atoms with van der Waals surface area (Å²) in [6.45, 7) is 3.38. The lowest BCUT2D eigenvalue weighted by molar-refractivity contribution is -0.275. The maximum atomic E-state index is 13.1. The zero-order valence-corrected chi connectivity index (χ0v) is 28.4. The van der Waals surface area contributed by atoms with Crippen LogP contribution in [0.2, 0.25) is 0 Å². The Morgan fingerprint density at radius 1 is 0.604 bits per heavy atom. The van der Waals surface area contributed by atoms with Crippen LogP contribution in [-0.2, 0) is 19.3 Å². The maximum Gasteiger partial charge on any atom is 0.573 e. The van der Waals surface area contributed by atoms with E-state index in [9.17, 15) is 41.0 Å². The number of rotatable bonds is 11. The van der Waals surface area contributed by atoms with Crippen LogP contribution in [0.5, 0.6) is 11.5 Å². The minimum absolute atomic E-state index is 0.0449. The van der Waals surface area contributed by atoms with Crippen LogP contribution in [-0.4, -0.2) is 23.9 Å². The van der Waals surface area contributed by atoms with E-state index in [4.69, 9.17) is 8.83 Å². The Balaban J connectivity index is 1.12. The first kappa shape index (κ1) is 37.2. The second-order valence-electron chi connectivity index (χ2n) is 12.6. The van der Waals surface area contributed by atoms with E-state index in [1.165, 1.54) is 36.4 Å². The highest BCUT2D eigenvalue weighted by molar-refractivity contribution is 5.85. The molecule has 276 valence electrons. The lowest BCUT2D eigenvalue weighted by Crippen LogP contribution is -2.18. The molecule has 0 fully saturated rings. The highest BCUT2D eigenvalue weighted by atomic mass is 19.4. The van der Waals surface area contributed by atoms with Gasteiger partial charge in [0.2, 0.25) is 0 Å². The van der Waals surface area contributed by atoms with Gasteiger partial charge in [-0.1, -0.05) is 55.5 Å². The average molecular weight is 739 g/mol. The average Bonchev–Trinajstić information content (AvgIpc) is 3.08. The molecule has 2 heterocycles. The van der Waals surface area contributed by atoms with E-state index in [-0.39, 0.29) is 33.4 Å². The summed E-state index contributed by atoms with van der Waals surface area (Å²) in [5.41, 5.74) is 1.19. The fraction of sp³-hybridized carbons (Fsp3) is 0.250. The van der Waals surface area contributed by atoms with Crippen LogP contribution >= 0.6 is 0 Å². The van der Waals surface area contributed by atoms with Gasteiger partial charge < -0.3 is 23.4 Å². The molecular formula is C40H32F6O7. The van der Waals surface area contributed by atoms with E-state index in [1.807, 2.05) is 0 Å². The first-order valence-electron chi connectivity index (χ1n) is 16.6. The Bertz CT molecular complexity index is 2410. The Morgan fingerprint density at radius 3 is 1.53 bits per heavy atom. The summed E-state index contributed by atoms with van der Waals surface area (Å²) in [5, 5.41) is 11.7. The van der Waals surface area contributed by atoms with Crippen LogP contribution < -0.4 is 20.7 Å². The number of aryl methyl sites for hydroxylation is 4. The van der Waals surface area contributed by atoms with Crippen molar-refractivity contribution in [3.8, 4) is 33.8 Å². The lowest BCUT2D eigenvalue weighted by Gasteiger charge is -2.14. The largest absolute Gasteiger partial charge is 0.573 e. The summed E-state index contributed by atoms with van der Waals surface area (Å²) in [5.74, 6) is -1.01. The smallest absolute Gasteiger partial charge is 0.422 e. The van der Waals surface area contributed by atoms with Crippen LogP contribution in [0.1, 0.15) is 42.0 Å². The summed E-state index contributed by atoms with van der Waals surface area (Å²) < 4.78 is 97.9. The minimum Gasteiger partial charge on any atom is -0.422 e. The number of ether oxygens (including phenoxy) is 2. The molecular weight excluding hydrogens is 706 g/mol. The monoisotopic (exact) mass is 738 g/mol. The summed E-state index contributed by atoms with van der Waals surface area (Å²) >= 11 is 0. The number of fused-ring (bicyclic) bond motifs is 2. The van der Waals surface area contributed by atoms with Gasteiger partial charge >= 0.3 is 24.0 Å². The zero-order chi connectivity index (χ0) is 38.1. The highest BCUT2D eigenvalue weighted by Gasteiger charge is 2.34. The number of aliphatic hydroxyl groups excluding tert-OH is 1. The third-order valence-electron chi connectivity index (χ3n) is 8.76. The SMILES string of the molecule is CCc1ccc(-c2cc3ccc(CCC(O)CCc4ccc5cc(-c6ccc(C)cc6OC(F)(F)F)c(=O)oc5c4)cc3oc2=O)c(OC(F)(F)F)c1. The molecule has 0 aliphatic rings. The van der Waals surface area contributed by atoms with Crippen molar-refractivity contribution in [3.63, 3.8) is 0 Å². The predicted octanol–water partition coefficient (Wildman–Crippen LogP) is 9.83. The van der Waals surface area contributed by atoms with Gasteiger partial charge in [0, 0.05) is 21.9 Å². The van der Waals surface area contributed by atoms with Gasteiger partial charge in [0.15, 0.2) is 0 Å². The molecule has 0 bridgehead atoms. The normalized spacial score (nSPS) is 12.7. The molecule has 53 heavy (non-hydrogen) atoms. The second-order valence-corrected chi connectivity index (χ2v) is 12.6. The van der Waals surface area contributed by atoms with Crippen LogP contribution in [0.15, 0.2) is 103 Å². The van der Waals surface area contributed by atoms with Crippen molar-refractivity contribution in [2.24, 2.45) is 0 Å². The van der Waals surface area contributed by atoms with E-state index >= 15 is 0 Å². The molecule has 0 aliphatic heterocycles. The first-order chi connectivity index (χ1) is 25.0. The minimum atomic E-state index is -4.95. The highest BCUT2D eigenvalue weighted by Crippen LogP contribution is 2.36. The fourth-order valence-electron chi connectivity index (χ4n) is 6.09. The molecule has 6 rings (SSSR count). The molecule has 0 spiro atoms. The number of hydrogen-bond donors (Lipinski definition) is 1. The first-order valence-corrected chi connectivity index (χ1v) is 16.6. The molecule has 0 radical (unpaired) electrons. The fourth-order valence-corrected chi connectivity index (χ4v) is 6.09. The summed E-state index contributed by atoms with van der Waals surface area (Å²) in [6, 6.07) is 21.5. The van der Waals surface area contributed by atoms with Crippen molar-refractivity contribution >= 4 is 21.9 Å². The Morgan fingerprint density at radius 2 is 1.06 bits per heavy atom. The molecule has 0 saturated heterocycles. The second kappa shape index (κ2) is 14.8. The molecule has 1 atom stereocenters. The van der Waals surface area contributed by atoms with Crippen molar-refractivity contribution < 1.29 is 49.8 Å². The van der Waals surface area contributed by atoms with Crippen molar-refractivity contribution in [3.05, 3.63) is 128 Å².